The number of furan rings is 1. The van der Waals surface area contributed by atoms with Crippen LogP contribution in [0.25, 0.3) is 17.4 Å². The molecule has 0 spiro atoms. The van der Waals surface area contributed by atoms with Crippen molar-refractivity contribution >= 4 is 46.9 Å². The van der Waals surface area contributed by atoms with Gasteiger partial charge in [0.05, 0.1) is 11.0 Å². The Bertz CT molecular complexity index is 872. The molecule has 1 amide bonds. The van der Waals surface area contributed by atoms with E-state index in [1.54, 1.807) is 12.1 Å². The lowest BCUT2D eigenvalue weighted by Crippen LogP contribution is -2.22. The van der Waals surface area contributed by atoms with Crippen LogP contribution >= 0.6 is 23.8 Å². The maximum atomic E-state index is 11.6. The van der Waals surface area contributed by atoms with Crippen molar-refractivity contribution < 1.29 is 19.1 Å². The van der Waals surface area contributed by atoms with Gasteiger partial charge in [0.25, 0.3) is 5.91 Å². The first-order chi connectivity index (χ1) is 10.9. The Morgan fingerprint density at radius 1 is 1.26 bits per heavy atom. The van der Waals surface area contributed by atoms with Crippen molar-refractivity contribution in [3.05, 3.63) is 52.4 Å². The number of aromatic carboxylic acids is 1. The molecule has 23 heavy (non-hydrogen) atoms. The Hall–Kier alpha value is -2.64. The van der Waals surface area contributed by atoms with Crippen LogP contribution in [0.15, 0.2) is 40.4 Å². The molecule has 0 saturated carbocycles. The highest BCUT2D eigenvalue weighted by atomic mass is 35.5. The zero-order valence-electron chi connectivity index (χ0n) is 11.4. The van der Waals surface area contributed by atoms with Crippen LogP contribution in [-0.2, 0) is 4.79 Å². The molecule has 116 valence electrons. The van der Waals surface area contributed by atoms with Crippen molar-refractivity contribution in [1.82, 2.24) is 10.6 Å². The molecular formula is C15H8ClN2O4S-. The second-order valence-electron chi connectivity index (χ2n) is 4.65. The van der Waals surface area contributed by atoms with Crippen LogP contribution in [0.1, 0.15) is 16.1 Å². The molecule has 1 saturated heterocycles. The Morgan fingerprint density at radius 2 is 2.04 bits per heavy atom. The number of halogens is 1. The minimum absolute atomic E-state index is 0.0112. The number of rotatable bonds is 3. The van der Waals surface area contributed by atoms with E-state index in [2.05, 4.69) is 10.6 Å². The molecule has 1 aliphatic rings. The minimum atomic E-state index is -1.31. The number of hydrogen-bond donors (Lipinski definition) is 2. The Morgan fingerprint density at radius 3 is 2.70 bits per heavy atom. The van der Waals surface area contributed by atoms with Gasteiger partial charge in [0, 0.05) is 11.6 Å². The summed E-state index contributed by atoms with van der Waals surface area (Å²) in [6.45, 7) is 0. The quantitative estimate of drug-likeness (QED) is 0.642. The maximum Gasteiger partial charge on any atom is 0.274 e. The first-order valence-electron chi connectivity index (χ1n) is 6.39. The van der Waals surface area contributed by atoms with E-state index in [0.717, 1.165) is 0 Å². The molecule has 0 atom stereocenters. The monoisotopic (exact) mass is 347 g/mol. The molecule has 0 unspecified atom stereocenters. The number of thiocarbonyl (C=S) groups is 1. The lowest BCUT2D eigenvalue weighted by Gasteiger charge is -2.06. The average molecular weight is 348 g/mol. The third-order valence-corrected chi connectivity index (χ3v) is 3.63. The first-order valence-corrected chi connectivity index (χ1v) is 7.18. The van der Waals surface area contributed by atoms with Crippen LogP contribution in [-0.4, -0.2) is 17.0 Å². The minimum Gasteiger partial charge on any atom is -0.545 e. The highest BCUT2D eigenvalue weighted by Gasteiger charge is 2.20. The first kappa shape index (κ1) is 15.3. The van der Waals surface area contributed by atoms with E-state index in [-0.39, 0.29) is 22.3 Å². The number of carboxylic acids is 1. The van der Waals surface area contributed by atoms with Crippen molar-refractivity contribution in [2.24, 2.45) is 0 Å². The molecule has 2 N–H and O–H groups in total. The van der Waals surface area contributed by atoms with E-state index in [1.807, 2.05) is 0 Å². The standard InChI is InChI=1S/C15H9ClN2O4S/c16-10-3-1-7(14(20)21)5-9(10)12-4-2-8(22-12)6-11-13(19)18-15(23)17-11/h1-6H,(H,20,21)(H2,17,18,19,23)/p-1/b11-6-. The molecule has 2 aromatic rings. The number of benzene rings is 1. The third-order valence-electron chi connectivity index (χ3n) is 3.10. The molecule has 1 fully saturated rings. The molecule has 1 aromatic heterocycles. The van der Waals surface area contributed by atoms with E-state index >= 15 is 0 Å². The molecule has 1 aromatic carbocycles. The van der Waals surface area contributed by atoms with E-state index in [4.69, 9.17) is 28.2 Å². The Balaban J connectivity index is 1.95. The highest BCUT2D eigenvalue weighted by Crippen LogP contribution is 2.31. The van der Waals surface area contributed by atoms with Gasteiger partial charge in [-0.15, -0.1) is 0 Å². The van der Waals surface area contributed by atoms with Gasteiger partial charge in [0.2, 0.25) is 0 Å². The zero-order chi connectivity index (χ0) is 16.6. The topological polar surface area (TPSA) is 94.4 Å². The van der Waals surface area contributed by atoms with Crippen molar-refractivity contribution in [3.63, 3.8) is 0 Å². The van der Waals surface area contributed by atoms with Gasteiger partial charge < -0.3 is 19.6 Å². The molecule has 1 aliphatic heterocycles. The van der Waals surface area contributed by atoms with E-state index in [1.165, 1.54) is 24.3 Å². The van der Waals surface area contributed by atoms with Crippen molar-refractivity contribution in [2.45, 2.75) is 0 Å². The number of nitrogens with one attached hydrogen (secondary N) is 2. The molecule has 2 heterocycles. The second-order valence-corrected chi connectivity index (χ2v) is 5.47. The average Bonchev–Trinajstić information content (AvgIpc) is 3.06. The van der Waals surface area contributed by atoms with E-state index < -0.39 is 5.97 Å². The van der Waals surface area contributed by atoms with Crippen molar-refractivity contribution in [3.8, 4) is 11.3 Å². The van der Waals surface area contributed by atoms with Crippen LogP contribution in [0.4, 0.5) is 0 Å². The van der Waals surface area contributed by atoms with E-state index in [0.29, 0.717) is 22.1 Å². The van der Waals surface area contributed by atoms with Crippen LogP contribution in [0.5, 0.6) is 0 Å². The van der Waals surface area contributed by atoms with Gasteiger partial charge in [-0.1, -0.05) is 17.7 Å². The number of amides is 1. The molecular weight excluding hydrogens is 340 g/mol. The van der Waals surface area contributed by atoms with Gasteiger partial charge in [0.15, 0.2) is 5.11 Å². The van der Waals surface area contributed by atoms with Crippen LogP contribution in [0.3, 0.4) is 0 Å². The Kier molecular flexibility index (Phi) is 3.89. The summed E-state index contributed by atoms with van der Waals surface area (Å²) in [5.74, 6) is -0.912. The zero-order valence-corrected chi connectivity index (χ0v) is 13.0. The number of carbonyl (C=O) groups is 2. The fourth-order valence-corrected chi connectivity index (χ4v) is 2.45. The predicted molar refractivity (Wildman–Crippen MR) is 85.3 cm³/mol. The van der Waals surface area contributed by atoms with E-state index in [9.17, 15) is 14.7 Å². The van der Waals surface area contributed by atoms with Gasteiger partial charge in [-0.3, -0.25) is 10.1 Å². The molecule has 8 heteroatoms. The normalized spacial score (nSPS) is 15.6. The summed E-state index contributed by atoms with van der Waals surface area (Å²) < 4.78 is 5.59. The van der Waals surface area contributed by atoms with Crippen molar-refractivity contribution in [2.75, 3.05) is 0 Å². The summed E-state index contributed by atoms with van der Waals surface area (Å²) in [4.78, 5) is 22.5. The summed E-state index contributed by atoms with van der Waals surface area (Å²) in [5.41, 5.74) is 0.658. The summed E-state index contributed by atoms with van der Waals surface area (Å²) in [6.07, 6.45) is 1.48. The molecule has 0 aliphatic carbocycles. The summed E-state index contributed by atoms with van der Waals surface area (Å²) in [6, 6.07) is 7.41. The second kappa shape index (κ2) is 5.86. The predicted octanol–water partition coefficient (Wildman–Crippen LogP) is 1.31. The van der Waals surface area contributed by atoms with Crippen molar-refractivity contribution in [1.29, 1.82) is 0 Å². The lowest BCUT2D eigenvalue weighted by molar-refractivity contribution is -0.255. The van der Waals surface area contributed by atoms with Gasteiger partial charge in [-0.25, -0.2) is 0 Å². The molecule has 0 radical (unpaired) electrons. The van der Waals surface area contributed by atoms with Crippen LogP contribution in [0, 0.1) is 0 Å². The number of hydrogen-bond acceptors (Lipinski definition) is 5. The molecule has 0 bridgehead atoms. The highest BCUT2D eigenvalue weighted by molar-refractivity contribution is 7.80. The smallest absolute Gasteiger partial charge is 0.274 e. The summed E-state index contributed by atoms with van der Waals surface area (Å²) >= 11 is 10.9. The van der Waals surface area contributed by atoms with Gasteiger partial charge in [0.1, 0.15) is 17.2 Å². The number of carbonyl (C=O) groups excluding carboxylic acids is 2. The van der Waals surface area contributed by atoms with Crippen LogP contribution in [0.2, 0.25) is 5.02 Å². The Labute approximate surface area is 140 Å². The maximum absolute atomic E-state index is 11.6. The van der Waals surface area contributed by atoms with Gasteiger partial charge >= 0.3 is 0 Å². The summed E-state index contributed by atoms with van der Waals surface area (Å²) in [5, 5.41) is 16.6. The lowest BCUT2D eigenvalue weighted by atomic mass is 10.1. The molecule has 3 rings (SSSR count). The summed E-state index contributed by atoms with van der Waals surface area (Å²) in [7, 11) is 0. The molecule has 6 nitrogen and oxygen atoms in total. The largest absolute Gasteiger partial charge is 0.545 e. The van der Waals surface area contributed by atoms with Crippen LogP contribution < -0.4 is 15.7 Å². The third kappa shape index (κ3) is 3.10. The fraction of sp³-hybridized carbons (Fsp3) is 0. The van der Waals surface area contributed by atoms with Gasteiger partial charge in [-0.05, 0) is 42.0 Å². The SMILES string of the molecule is O=C1NC(=S)N/C1=C\c1ccc(-c2cc(C(=O)[O-])ccc2Cl)o1. The fourth-order valence-electron chi connectivity index (χ4n) is 2.04. The van der Waals surface area contributed by atoms with Gasteiger partial charge in [-0.2, -0.15) is 0 Å². The number of carboxylic acid groups (broad SMARTS) is 1.